The fourth-order valence-electron chi connectivity index (χ4n) is 0.869. The third-order valence-electron chi connectivity index (χ3n) is 1.47. The largest absolute Gasteiger partial charge is 0.285 e. The van der Waals surface area contributed by atoms with Crippen LogP contribution >= 0.6 is 12.6 Å². The molecule has 2 heteroatoms. The standard InChI is InChI=1S/C9H9OS/c10-7-9-3-1-8(2-4-9)5-6-11/h1-4,11H,5-6H2. The summed E-state index contributed by atoms with van der Waals surface area (Å²) in [5, 5.41) is 0. The topological polar surface area (TPSA) is 17.1 Å². The first-order valence-electron chi connectivity index (χ1n) is 3.45. The maximum Gasteiger partial charge on any atom is 0.233 e. The molecule has 0 aromatic heterocycles. The van der Waals surface area contributed by atoms with E-state index in [1.165, 1.54) is 5.56 Å². The van der Waals surface area contributed by atoms with Crippen molar-refractivity contribution < 1.29 is 4.79 Å². The average Bonchev–Trinajstić information content (AvgIpc) is 2.07. The number of carbonyl (C=O) groups excluding carboxylic acids is 1. The quantitative estimate of drug-likeness (QED) is 0.673. The molecule has 57 valence electrons. The van der Waals surface area contributed by atoms with Gasteiger partial charge in [0.05, 0.1) is 0 Å². The number of thiol groups is 1. The molecule has 1 nitrogen and oxygen atoms in total. The summed E-state index contributed by atoms with van der Waals surface area (Å²) in [7, 11) is 0. The van der Waals surface area contributed by atoms with Crippen LogP contribution in [0, 0.1) is 0 Å². The lowest BCUT2D eigenvalue weighted by Gasteiger charge is -1.96. The van der Waals surface area contributed by atoms with E-state index in [1.807, 2.05) is 18.4 Å². The number of rotatable bonds is 3. The van der Waals surface area contributed by atoms with Crippen LogP contribution in [-0.2, 0) is 11.2 Å². The lowest BCUT2D eigenvalue weighted by Crippen LogP contribution is -1.86. The molecule has 0 aliphatic carbocycles. The van der Waals surface area contributed by atoms with E-state index in [2.05, 4.69) is 12.6 Å². The summed E-state index contributed by atoms with van der Waals surface area (Å²) in [6.07, 6.45) is 2.77. The van der Waals surface area contributed by atoms with Gasteiger partial charge in [-0.15, -0.1) is 0 Å². The van der Waals surface area contributed by atoms with Crippen molar-refractivity contribution in [2.75, 3.05) is 5.75 Å². The van der Waals surface area contributed by atoms with Gasteiger partial charge in [-0.3, -0.25) is 4.79 Å². The van der Waals surface area contributed by atoms with Gasteiger partial charge in [-0.1, -0.05) is 24.3 Å². The Morgan fingerprint density at radius 2 is 1.91 bits per heavy atom. The maximum atomic E-state index is 10.1. The first-order valence-corrected chi connectivity index (χ1v) is 4.08. The zero-order chi connectivity index (χ0) is 8.10. The van der Waals surface area contributed by atoms with Gasteiger partial charge in [-0.2, -0.15) is 12.6 Å². The molecular weight excluding hydrogens is 156 g/mol. The Labute approximate surface area is 71.8 Å². The van der Waals surface area contributed by atoms with Crippen molar-refractivity contribution in [3.63, 3.8) is 0 Å². The van der Waals surface area contributed by atoms with E-state index < -0.39 is 0 Å². The predicted molar refractivity (Wildman–Crippen MR) is 48.8 cm³/mol. The molecular formula is C9H9OS. The molecule has 0 spiro atoms. The van der Waals surface area contributed by atoms with Crippen molar-refractivity contribution in [3.8, 4) is 0 Å². The van der Waals surface area contributed by atoms with Gasteiger partial charge in [0.2, 0.25) is 6.29 Å². The first kappa shape index (κ1) is 8.34. The van der Waals surface area contributed by atoms with Crippen LogP contribution in [0.2, 0.25) is 0 Å². The Bertz CT molecular complexity index is 228. The van der Waals surface area contributed by atoms with Gasteiger partial charge in [0, 0.05) is 5.56 Å². The summed E-state index contributed by atoms with van der Waals surface area (Å²) in [6, 6.07) is 7.39. The van der Waals surface area contributed by atoms with Crippen LogP contribution in [0.5, 0.6) is 0 Å². The average molecular weight is 165 g/mol. The molecule has 1 rings (SSSR count). The van der Waals surface area contributed by atoms with Gasteiger partial charge in [-0.05, 0) is 17.7 Å². The summed E-state index contributed by atoms with van der Waals surface area (Å²) >= 11 is 4.10. The lowest BCUT2D eigenvalue weighted by atomic mass is 10.1. The normalized spacial score (nSPS) is 9.55. The molecule has 0 atom stereocenters. The van der Waals surface area contributed by atoms with Gasteiger partial charge in [0.25, 0.3) is 0 Å². The first-order chi connectivity index (χ1) is 5.36. The summed E-state index contributed by atoms with van der Waals surface area (Å²) in [4.78, 5) is 10.1. The van der Waals surface area contributed by atoms with Gasteiger partial charge in [0.15, 0.2) is 0 Å². The molecule has 0 aliphatic rings. The highest BCUT2D eigenvalue weighted by Gasteiger charge is 1.91. The van der Waals surface area contributed by atoms with Crippen LogP contribution in [-0.4, -0.2) is 12.0 Å². The van der Waals surface area contributed by atoms with Crippen molar-refractivity contribution in [1.82, 2.24) is 0 Å². The molecule has 0 amide bonds. The fourth-order valence-corrected chi connectivity index (χ4v) is 1.13. The fraction of sp³-hybridized carbons (Fsp3) is 0.222. The van der Waals surface area contributed by atoms with Crippen molar-refractivity contribution in [1.29, 1.82) is 0 Å². The van der Waals surface area contributed by atoms with Crippen molar-refractivity contribution in [3.05, 3.63) is 35.4 Å². The molecule has 0 heterocycles. The van der Waals surface area contributed by atoms with Gasteiger partial charge in [0.1, 0.15) is 0 Å². The van der Waals surface area contributed by atoms with E-state index in [0.717, 1.165) is 12.2 Å². The predicted octanol–water partition coefficient (Wildman–Crippen LogP) is 1.62. The summed E-state index contributed by atoms with van der Waals surface area (Å²) < 4.78 is 0. The van der Waals surface area contributed by atoms with E-state index in [-0.39, 0.29) is 0 Å². The smallest absolute Gasteiger partial charge is 0.233 e. The second-order valence-corrected chi connectivity index (χ2v) is 2.72. The molecule has 11 heavy (non-hydrogen) atoms. The Hall–Kier alpha value is -0.760. The van der Waals surface area contributed by atoms with Gasteiger partial charge in [-0.25, -0.2) is 0 Å². The SMILES string of the molecule is O=[C]c1ccc(CCS)cc1. The van der Waals surface area contributed by atoms with Crippen LogP contribution in [0.1, 0.15) is 11.1 Å². The van der Waals surface area contributed by atoms with Crippen molar-refractivity contribution in [2.24, 2.45) is 0 Å². The molecule has 0 fully saturated rings. The van der Waals surface area contributed by atoms with Crippen LogP contribution < -0.4 is 0 Å². The van der Waals surface area contributed by atoms with Crippen LogP contribution in [0.3, 0.4) is 0 Å². The second-order valence-electron chi connectivity index (χ2n) is 2.27. The highest BCUT2D eigenvalue weighted by molar-refractivity contribution is 7.80. The molecule has 0 unspecified atom stereocenters. The van der Waals surface area contributed by atoms with E-state index in [0.29, 0.717) is 5.56 Å². The highest BCUT2D eigenvalue weighted by Crippen LogP contribution is 2.03. The summed E-state index contributed by atoms with van der Waals surface area (Å²) in [5.74, 6) is 0.837. The van der Waals surface area contributed by atoms with Crippen LogP contribution in [0.15, 0.2) is 24.3 Å². The van der Waals surface area contributed by atoms with E-state index in [9.17, 15) is 4.79 Å². The molecule has 0 bridgehead atoms. The molecule has 1 radical (unpaired) electrons. The minimum atomic E-state index is 0.605. The number of hydrogen-bond acceptors (Lipinski definition) is 2. The van der Waals surface area contributed by atoms with E-state index in [1.54, 1.807) is 12.1 Å². The Morgan fingerprint density at radius 3 is 2.36 bits per heavy atom. The number of hydrogen-bond donors (Lipinski definition) is 1. The number of benzene rings is 1. The Balaban J connectivity index is 2.74. The third-order valence-corrected chi connectivity index (χ3v) is 1.70. The van der Waals surface area contributed by atoms with Crippen LogP contribution in [0.25, 0.3) is 0 Å². The van der Waals surface area contributed by atoms with Gasteiger partial charge < -0.3 is 0 Å². The van der Waals surface area contributed by atoms with Crippen LogP contribution in [0.4, 0.5) is 0 Å². The molecule has 0 N–H and O–H groups in total. The zero-order valence-corrected chi connectivity index (χ0v) is 6.97. The molecule has 1 aromatic rings. The van der Waals surface area contributed by atoms with Crippen molar-refractivity contribution in [2.45, 2.75) is 6.42 Å². The molecule has 1 aromatic carbocycles. The molecule has 0 aliphatic heterocycles. The number of aryl methyl sites for hydroxylation is 1. The van der Waals surface area contributed by atoms with E-state index in [4.69, 9.17) is 0 Å². The monoisotopic (exact) mass is 165 g/mol. The Kier molecular flexibility index (Phi) is 3.17. The molecule has 0 saturated heterocycles. The minimum absolute atomic E-state index is 0.605. The summed E-state index contributed by atoms with van der Waals surface area (Å²) in [6.45, 7) is 0. The third kappa shape index (κ3) is 2.39. The lowest BCUT2D eigenvalue weighted by molar-refractivity contribution is 0.563. The minimum Gasteiger partial charge on any atom is -0.285 e. The second kappa shape index (κ2) is 4.19. The summed E-state index contributed by atoms with van der Waals surface area (Å²) in [5.41, 5.74) is 1.81. The van der Waals surface area contributed by atoms with Crippen molar-refractivity contribution >= 4 is 18.9 Å². The molecule has 0 saturated carbocycles. The van der Waals surface area contributed by atoms with Gasteiger partial charge >= 0.3 is 0 Å². The zero-order valence-electron chi connectivity index (χ0n) is 6.08. The maximum absolute atomic E-state index is 10.1. The Morgan fingerprint density at radius 1 is 1.27 bits per heavy atom. The highest BCUT2D eigenvalue weighted by atomic mass is 32.1. The van der Waals surface area contributed by atoms with E-state index >= 15 is 0 Å².